The van der Waals surface area contributed by atoms with Gasteiger partial charge in [0, 0.05) is 45.2 Å². The molecule has 128 valence electrons. The molecule has 2 unspecified atom stereocenters. The second-order valence-electron chi connectivity index (χ2n) is 6.55. The van der Waals surface area contributed by atoms with Gasteiger partial charge in [0.15, 0.2) is 5.96 Å². The Balaban J connectivity index is 1.81. The SMILES string of the molecule is CCC(C)N(C)CCNC(=NC)N1CCC(c2ccccc2)C1. The third-order valence-corrected chi connectivity index (χ3v) is 5.06. The summed E-state index contributed by atoms with van der Waals surface area (Å²) in [6.07, 6.45) is 2.40. The Morgan fingerprint density at radius 2 is 2.13 bits per heavy atom. The third-order valence-electron chi connectivity index (χ3n) is 5.06. The summed E-state index contributed by atoms with van der Waals surface area (Å²) in [5.41, 5.74) is 1.45. The monoisotopic (exact) mass is 316 g/mol. The molecule has 1 N–H and O–H groups in total. The number of benzene rings is 1. The fourth-order valence-electron chi connectivity index (χ4n) is 3.16. The summed E-state index contributed by atoms with van der Waals surface area (Å²) < 4.78 is 0. The highest BCUT2D eigenvalue weighted by molar-refractivity contribution is 5.80. The number of likely N-dealkylation sites (tertiary alicyclic amines) is 1. The van der Waals surface area contributed by atoms with Gasteiger partial charge in [0.1, 0.15) is 0 Å². The van der Waals surface area contributed by atoms with E-state index in [2.05, 4.69) is 71.3 Å². The Morgan fingerprint density at radius 3 is 2.78 bits per heavy atom. The van der Waals surface area contributed by atoms with Gasteiger partial charge < -0.3 is 15.1 Å². The molecule has 0 aliphatic carbocycles. The van der Waals surface area contributed by atoms with Gasteiger partial charge in [-0.05, 0) is 32.4 Å². The first-order valence-electron chi connectivity index (χ1n) is 8.86. The fourth-order valence-corrected chi connectivity index (χ4v) is 3.16. The Hall–Kier alpha value is -1.55. The standard InChI is InChI=1S/C19H32N4/c1-5-16(2)22(4)14-12-21-19(20-3)23-13-11-18(15-23)17-9-7-6-8-10-17/h6-10,16,18H,5,11-15H2,1-4H3,(H,20,21). The van der Waals surface area contributed by atoms with Crippen LogP contribution in [0.4, 0.5) is 0 Å². The van der Waals surface area contributed by atoms with Crippen molar-refractivity contribution in [3.05, 3.63) is 35.9 Å². The molecule has 0 saturated carbocycles. The number of hydrogen-bond acceptors (Lipinski definition) is 2. The first-order chi connectivity index (χ1) is 11.2. The molecule has 1 aromatic carbocycles. The Labute approximate surface area is 141 Å². The first-order valence-corrected chi connectivity index (χ1v) is 8.86. The molecule has 1 heterocycles. The van der Waals surface area contributed by atoms with Crippen molar-refractivity contribution in [3.63, 3.8) is 0 Å². The molecule has 1 aromatic rings. The van der Waals surface area contributed by atoms with Gasteiger partial charge in [0.05, 0.1) is 0 Å². The number of hydrogen-bond donors (Lipinski definition) is 1. The van der Waals surface area contributed by atoms with E-state index in [0.29, 0.717) is 12.0 Å². The maximum atomic E-state index is 4.47. The van der Waals surface area contributed by atoms with E-state index >= 15 is 0 Å². The van der Waals surface area contributed by atoms with Crippen molar-refractivity contribution < 1.29 is 0 Å². The fraction of sp³-hybridized carbons (Fsp3) is 0.632. The summed E-state index contributed by atoms with van der Waals surface area (Å²) in [6, 6.07) is 11.5. The summed E-state index contributed by atoms with van der Waals surface area (Å²) in [5.74, 6) is 1.67. The number of aliphatic imine (C=N–C) groups is 1. The van der Waals surface area contributed by atoms with E-state index in [4.69, 9.17) is 0 Å². The zero-order valence-corrected chi connectivity index (χ0v) is 15.1. The third kappa shape index (κ3) is 4.96. The van der Waals surface area contributed by atoms with Crippen LogP contribution in [0.25, 0.3) is 0 Å². The number of rotatable bonds is 6. The van der Waals surface area contributed by atoms with Gasteiger partial charge in [0.25, 0.3) is 0 Å². The van der Waals surface area contributed by atoms with Crippen molar-refractivity contribution in [3.8, 4) is 0 Å². The van der Waals surface area contributed by atoms with E-state index in [0.717, 1.165) is 32.1 Å². The smallest absolute Gasteiger partial charge is 0.193 e. The second-order valence-corrected chi connectivity index (χ2v) is 6.55. The summed E-state index contributed by atoms with van der Waals surface area (Å²) in [6.45, 7) is 8.65. The molecule has 23 heavy (non-hydrogen) atoms. The highest BCUT2D eigenvalue weighted by Gasteiger charge is 2.25. The van der Waals surface area contributed by atoms with Gasteiger partial charge in [-0.25, -0.2) is 0 Å². The lowest BCUT2D eigenvalue weighted by atomic mass is 9.99. The first kappa shape index (κ1) is 17.8. The normalized spacial score (nSPS) is 20.1. The van der Waals surface area contributed by atoms with Gasteiger partial charge in [-0.3, -0.25) is 4.99 Å². The van der Waals surface area contributed by atoms with E-state index in [1.165, 1.54) is 18.4 Å². The van der Waals surface area contributed by atoms with Crippen LogP contribution in [0.15, 0.2) is 35.3 Å². The molecule has 2 rings (SSSR count). The van der Waals surface area contributed by atoms with Gasteiger partial charge in [-0.1, -0.05) is 37.3 Å². The molecular weight excluding hydrogens is 284 g/mol. The van der Waals surface area contributed by atoms with E-state index < -0.39 is 0 Å². The van der Waals surface area contributed by atoms with E-state index in [9.17, 15) is 0 Å². The van der Waals surface area contributed by atoms with Gasteiger partial charge >= 0.3 is 0 Å². The Bertz CT molecular complexity index is 485. The molecule has 0 spiro atoms. The lowest BCUT2D eigenvalue weighted by Gasteiger charge is -2.26. The largest absolute Gasteiger partial charge is 0.355 e. The summed E-state index contributed by atoms with van der Waals surface area (Å²) in [4.78, 5) is 9.26. The van der Waals surface area contributed by atoms with E-state index in [-0.39, 0.29) is 0 Å². The maximum Gasteiger partial charge on any atom is 0.193 e. The minimum atomic E-state index is 0.623. The summed E-state index contributed by atoms with van der Waals surface area (Å²) in [5, 5.41) is 3.53. The van der Waals surface area contributed by atoms with Crippen LogP contribution in [0.3, 0.4) is 0 Å². The number of guanidine groups is 1. The minimum Gasteiger partial charge on any atom is -0.355 e. The van der Waals surface area contributed by atoms with Crippen molar-refractivity contribution >= 4 is 5.96 Å². The van der Waals surface area contributed by atoms with Crippen molar-refractivity contribution in [2.75, 3.05) is 40.3 Å². The number of nitrogens with one attached hydrogen (secondary N) is 1. The van der Waals surface area contributed by atoms with Crippen LogP contribution in [0.1, 0.15) is 38.2 Å². The molecule has 0 aromatic heterocycles. The second kappa shape index (κ2) is 8.92. The predicted octanol–water partition coefficient (Wildman–Crippen LogP) is 2.78. The quantitative estimate of drug-likeness (QED) is 0.647. The molecule has 2 atom stereocenters. The van der Waals surface area contributed by atoms with Crippen LogP contribution in [0, 0.1) is 0 Å². The number of likely N-dealkylation sites (N-methyl/N-ethyl adjacent to an activating group) is 1. The molecule has 1 aliphatic rings. The van der Waals surface area contributed by atoms with Crippen molar-refractivity contribution in [1.29, 1.82) is 0 Å². The topological polar surface area (TPSA) is 30.9 Å². The van der Waals surface area contributed by atoms with Crippen LogP contribution in [-0.4, -0.2) is 62.1 Å². The van der Waals surface area contributed by atoms with Crippen molar-refractivity contribution in [2.24, 2.45) is 4.99 Å². The molecule has 0 radical (unpaired) electrons. The molecule has 4 heteroatoms. The van der Waals surface area contributed by atoms with Crippen LogP contribution < -0.4 is 5.32 Å². The molecule has 1 saturated heterocycles. The lowest BCUT2D eigenvalue weighted by molar-refractivity contribution is 0.255. The zero-order valence-electron chi connectivity index (χ0n) is 15.1. The highest BCUT2D eigenvalue weighted by Crippen LogP contribution is 2.26. The van der Waals surface area contributed by atoms with Crippen molar-refractivity contribution in [2.45, 2.75) is 38.6 Å². The molecule has 1 fully saturated rings. The molecular formula is C19H32N4. The van der Waals surface area contributed by atoms with Gasteiger partial charge in [0.2, 0.25) is 0 Å². The van der Waals surface area contributed by atoms with Crippen LogP contribution >= 0.6 is 0 Å². The van der Waals surface area contributed by atoms with E-state index in [1.54, 1.807) is 0 Å². The molecule has 4 nitrogen and oxygen atoms in total. The average molecular weight is 316 g/mol. The Morgan fingerprint density at radius 1 is 1.39 bits per heavy atom. The van der Waals surface area contributed by atoms with Crippen LogP contribution in [0.2, 0.25) is 0 Å². The Kier molecular flexibility index (Phi) is 6.90. The zero-order chi connectivity index (χ0) is 16.7. The highest BCUT2D eigenvalue weighted by atomic mass is 15.3. The predicted molar refractivity (Wildman–Crippen MR) is 99.1 cm³/mol. The maximum absolute atomic E-state index is 4.47. The number of nitrogens with zero attached hydrogens (tertiary/aromatic N) is 3. The minimum absolute atomic E-state index is 0.623. The summed E-state index contributed by atoms with van der Waals surface area (Å²) in [7, 11) is 4.08. The average Bonchev–Trinajstić information content (AvgIpc) is 3.08. The van der Waals surface area contributed by atoms with Crippen LogP contribution in [-0.2, 0) is 0 Å². The van der Waals surface area contributed by atoms with Gasteiger partial charge in [-0.15, -0.1) is 0 Å². The summed E-state index contributed by atoms with van der Waals surface area (Å²) >= 11 is 0. The van der Waals surface area contributed by atoms with Crippen LogP contribution in [0.5, 0.6) is 0 Å². The van der Waals surface area contributed by atoms with Gasteiger partial charge in [-0.2, -0.15) is 0 Å². The molecule has 0 bridgehead atoms. The van der Waals surface area contributed by atoms with E-state index in [1.807, 2.05) is 7.05 Å². The van der Waals surface area contributed by atoms with Crippen molar-refractivity contribution in [1.82, 2.24) is 15.1 Å². The molecule has 0 amide bonds. The lowest BCUT2D eigenvalue weighted by Crippen LogP contribution is -2.43. The molecule has 1 aliphatic heterocycles.